The molecule has 5 nitrogen and oxygen atoms in total. The zero-order chi connectivity index (χ0) is 16.1. The molecule has 3 N–H and O–H groups in total. The number of rotatable bonds is 7. The van der Waals surface area contributed by atoms with Gasteiger partial charge in [-0.05, 0) is 44.0 Å². The summed E-state index contributed by atoms with van der Waals surface area (Å²) in [5, 5.41) is 10.4. The first kappa shape index (κ1) is 16.0. The molecule has 0 aliphatic heterocycles. The van der Waals surface area contributed by atoms with Crippen LogP contribution in [-0.4, -0.2) is 26.7 Å². The number of aromatic amines is 2. The molecule has 0 saturated carbocycles. The Morgan fingerprint density at radius 1 is 1.26 bits per heavy atom. The maximum absolute atomic E-state index is 4.44. The molecule has 23 heavy (non-hydrogen) atoms. The minimum atomic E-state index is 0.748. The van der Waals surface area contributed by atoms with Gasteiger partial charge in [0, 0.05) is 15.7 Å². The summed E-state index contributed by atoms with van der Waals surface area (Å²) in [6, 6.07) is 8.20. The highest BCUT2D eigenvalue weighted by Gasteiger charge is 2.04. The highest BCUT2D eigenvalue weighted by molar-refractivity contribution is 9.10. The summed E-state index contributed by atoms with van der Waals surface area (Å²) in [5.74, 6) is 0.958. The minimum absolute atomic E-state index is 0.748. The Kier molecular flexibility index (Phi) is 5.25. The third-order valence-electron chi connectivity index (χ3n) is 3.79. The summed E-state index contributed by atoms with van der Waals surface area (Å²) < 4.78 is 1.07. The second-order valence-electron chi connectivity index (χ2n) is 5.55. The Hall–Kier alpha value is -1.92. The lowest BCUT2D eigenvalue weighted by atomic mass is 10.1. The molecular weight excluding hydrogens is 354 g/mol. The van der Waals surface area contributed by atoms with Crippen LogP contribution >= 0.6 is 15.9 Å². The molecule has 3 aromatic rings. The van der Waals surface area contributed by atoms with Crippen LogP contribution in [-0.2, 0) is 13.0 Å². The molecule has 120 valence electrons. The van der Waals surface area contributed by atoms with Crippen molar-refractivity contribution in [3.05, 3.63) is 58.2 Å². The lowest BCUT2D eigenvalue weighted by molar-refractivity contribution is 0.633. The molecule has 1 aromatic carbocycles. The van der Waals surface area contributed by atoms with E-state index in [1.165, 1.54) is 5.56 Å². The van der Waals surface area contributed by atoms with Crippen molar-refractivity contribution in [2.45, 2.75) is 26.3 Å². The monoisotopic (exact) mass is 373 g/mol. The van der Waals surface area contributed by atoms with E-state index < -0.39 is 0 Å². The van der Waals surface area contributed by atoms with Gasteiger partial charge in [0.15, 0.2) is 0 Å². The zero-order valence-electron chi connectivity index (χ0n) is 13.1. The zero-order valence-corrected chi connectivity index (χ0v) is 14.7. The maximum atomic E-state index is 4.44. The van der Waals surface area contributed by atoms with Crippen LogP contribution in [0.25, 0.3) is 11.3 Å². The van der Waals surface area contributed by atoms with E-state index >= 15 is 0 Å². The van der Waals surface area contributed by atoms with Crippen molar-refractivity contribution in [1.29, 1.82) is 0 Å². The Labute approximate surface area is 144 Å². The van der Waals surface area contributed by atoms with Crippen molar-refractivity contribution < 1.29 is 0 Å². The summed E-state index contributed by atoms with van der Waals surface area (Å²) in [4.78, 5) is 7.80. The van der Waals surface area contributed by atoms with Crippen LogP contribution in [0.4, 0.5) is 0 Å². The highest BCUT2D eigenvalue weighted by atomic mass is 79.9. The third-order valence-corrected chi connectivity index (χ3v) is 4.28. The lowest BCUT2D eigenvalue weighted by Gasteiger charge is -2.03. The van der Waals surface area contributed by atoms with E-state index in [1.807, 2.05) is 24.5 Å². The molecule has 0 aliphatic carbocycles. The number of halogens is 1. The van der Waals surface area contributed by atoms with Crippen molar-refractivity contribution in [3.63, 3.8) is 0 Å². The molecule has 0 fully saturated rings. The Morgan fingerprint density at radius 3 is 2.96 bits per heavy atom. The predicted molar refractivity (Wildman–Crippen MR) is 95.1 cm³/mol. The van der Waals surface area contributed by atoms with Crippen LogP contribution < -0.4 is 5.32 Å². The fraction of sp³-hybridized carbons (Fsp3) is 0.294. The number of imidazole rings is 1. The largest absolute Gasteiger partial charge is 0.341 e. The van der Waals surface area contributed by atoms with E-state index in [4.69, 9.17) is 0 Å². The van der Waals surface area contributed by atoms with E-state index in [2.05, 4.69) is 60.5 Å². The topological polar surface area (TPSA) is 69.4 Å². The first-order chi connectivity index (χ1) is 11.2. The Bertz CT molecular complexity index is 762. The van der Waals surface area contributed by atoms with Gasteiger partial charge < -0.3 is 10.3 Å². The fourth-order valence-electron chi connectivity index (χ4n) is 2.49. The smallest absolute Gasteiger partial charge is 0.120 e. The second kappa shape index (κ2) is 7.57. The molecule has 0 atom stereocenters. The van der Waals surface area contributed by atoms with Crippen LogP contribution in [0.2, 0.25) is 0 Å². The lowest BCUT2D eigenvalue weighted by Crippen LogP contribution is -2.16. The Morgan fingerprint density at radius 2 is 2.17 bits per heavy atom. The van der Waals surface area contributed by atoms with Gasteiger partial charge in [-0.25, -0.2) is 4.98 Å². The van der Waals surface area contributed by atoms with Crippen molar-refractivity contribution in [2.24, 2.45) is 0 Å². The standard InChI is InChI=1S/C17H20BrN5/c1-12-14(9-21-23-12)5-3-7-19-11-17-20-10-16(22-17)13-4-2-6-15(18)8-13/h2,4,6,8-10,19H,3,5,7,11H2,1H3,(H,20,22)(H,21,23). The second-order valence-corrected chi connectivity index (χ2v) is 6.47. The van der Waals surface area contributed by atoms with Crippen LogP contribution in [0.15, 0.2) is 41.1 Å². The minimum Gasteiger partial charge on any atom is -0.341 e. The molecular formula is C17H20BrN5. The molecule has 0 amide bonds. The van der Waals surface area contributed by atoms with Gasteiger partial charge in [-0.2, -0.15) is 5.10 Å². The normalized spacial score (nSPS) is 11.0. The average Bonchev–Trinajstić information content (AvgIpc) is 3.17. The summed E-state index contributed by atoms with van der Waals surface area (Å²) in [7, 11) is 0. The molecule has 2 heterocycles. The predicted octanol–water partition coefficient (Wildman–Crippen LogP) is 3.59. The number of nitrogens with zero attached hydrogens (tertiary/aromatic N) is 2. The number of aryl methyl sites for hydroxylation is 2. The van der Waals surface area contributed by atoms with E-state index in [0.29, 0.717) is 0 Å². The molecule has 0 saturated heterocycles. The van der Waals surface area contributed by atoms with Crippen molar-refractivity contribution >= 4 is 15.9 Å². The summed E-state index contributed by atoms with van der Waals surface area (Å²) >= 11 is 3.49. The first-order valence-corrected chi connectivity index (χ1v) is 8.51. The number of hydrogen-bond donors (Lipinski definition) is 3. The molecule has 0 unspecified atom stereocenters. The fourth-order valence-corrected chi connectivity index (χ4v) is 2.89. The summed E-state index contributed by atoms with van der Waals surface area (Å²) in [6.07, 6.45) is 5.91. The van der Waals surface area contributed by atoms with Gasteiger partial charge in [0.05, 0.1) is 24.6 Å². The SMILES string of the molecule is Cc1[nH]ncc1CCCNCc1ncc(-c2cccc(Br)c2)[nH]1. The van der Waals surface area contributed by atoms with E-state index in [0.717, 1.165) is 53.2 Å². The molecule has 6 heteroatoms. The van der Waals surface area contributed by atoms with Crippen molar-refractivity contribution in [3.8, 4) is 11.3 Å². The van der Waals surface area contributed by atoms with Gasteiger partial charge in [-0.1, -0.05) is 28.1 Å². The van der Waals surface area contributed by atoms with Crippen LogP contribution in [0.3, 0.4) is 0 Å². The number of H-pyrrole nitrogens is 2. The average molecular weight is 374 g/mol. The van der Waals surface area contributed by atoms with Gasteiger partial charge in [-0.15, -0.1) is 0 Å². The van der Waals surface area contributed by atoms with Gasteiger partial charge in [-0.3, -0.25) is 5.10 Å². The quantitative estimate of drug-likeness (QED) is 0.554. The molecule has 0 radical (unpaired) electrons. The maximum Gasteiger partial charge on any atom is 0.120 e. The molecule has 2 aromatic heterocycles. The Balaban J connectivity index is 1.45. The number of nitrogens with one attached hydrogen (secondary N) is 3. The number of aromatic nitrogens is 4. The number of hydrogen-bond acceptors (Lipinski definition) is 3. The summed E-state index contributed by atoms with van der Waals surface area (Å²) in [5.41, 5.74) is 4.63. The third kappa shape index (κ3) is 4.30. The van der Waals surface area contributed by atoms with Crippen LogP contribution in [0.5, 0.6) is 0 Å². The van der Waals surface area contributed by atoms with E-state index in [9.17, 15) is 0 Å². The van der Waals surface area contributed by atoms with Gasteiger partial charge in [0.25, 0.3) is 0 Å². The highest BCUT2D eigenvalue weighted by Crippen LogP contribution is 2.21. The van der Waals surface area contributed by atoms with E-state index in [1.54, 1.807) is 0 Å². The van der Waals surface area contributed by atoms with E-state index in [-0.39, 0.29) is 0 Å². The molecule has 0 bridgehead atoms. The van der Waals surface area contributed by atoms with Crippen LogP contribution in [0, 0.1) is 6.92 Å². The molecule has 0 aliphatic rings. The van der Waals surface area contributed by atoms with Gasteiger partial charge in [0.2, 0.25) is 0 Å². The van der Waals surface area contributed by atoms with Crippen molar-refractivity contribution in [2.75, 3.05) is 6.54 Å². The van der Waals surface area contributed by atoms with Gasteiger partial charge >= 0.3 is 0 Å². The van der Waals surface area contributed by atoms with Crippen LogP contribution in [0.1, 0.15) is 23.5 Å². The number of benzene rings is 1. The summed E-state index contributed by atoms with van der Waals surface area (Å²) in [6.45, 7) is 3.76. The molecule has 0 spiro atoms. The first-order valence-electron chi connectivity index (χ1n) is 7.72. The molecule has 3 rings (SSSR count). The van der Waals surface area contributed by atoms with Crippen molar-refractivity contribution in [1.82, 2.24) is 25.5 Å². The van der Waals surface area contributed by atoms with Gasteiger partial charge in [0.1, 0.15) is 5.82 Å².